The van der Waals surface area contributed by atoms with Crippen molar-refractivity contribution >= 4 is 10.0 Å². The number of hydrogen-bond donors (Lipinski definition) is 2. The van der Waals surface area contributed by atoms with Crippen molar-refractivity contribution in [2.75, 3.05) is 0 Å². The lowest BCUT2D eigenvalue weighted by Gasteiger charge is -2.20. The number of sulfonamides is 1. The first-order valence-corrected chi connectivity index (χ1v) is 7.71. The lowest BCUT2D eigenvalue weighted by Crippen LogP contribution is -2.38. The van der Waals surface area contributed by atoms with E-state index in [0.29, 0.717) is 12.0 Å². The second-order valence-electron chi connectivity index (χ2n) is 4.80. The van der Waals surface area contributed by atoms with Gasteiger partial charge in [-0.15, -0.1) is 0 Å². The van der Waals surface area contributed by atoms with E-state index in [1.807, 2.05) is 20.8 Å². The van der Waals surface area contributed by atoms with E-state index in [2.05, 4.69) is 4.72 Å². The Bertz CT molecular complexity index is 529. The van der Waals surface area contributed by atoms with Gasteiger partial charge in [-0.2, -0.15) is 0 Å². The van der Waals surface area contributed by atoms with Crippen molar-refractivity contribution in [3.05, 3.63) is 29.6 Å². The van der Waals surface area contributed by atoms with E-state index in [4.69, 9.17) is 5.11 Å². The summed E-state index contributed by atoms with van der Waals surface area (Å²) in [6, 6.07) is 3.37. The first kappa shape index (κ1) is 16.1. The van der Waals surface area contributed by atoms with Gasteiger partial charge in [0.2, 0.25) is 10.0 Å². The molecule has 0 amide bonds. The quantitative estimate of drug-likeness (QED) is 0.842. The highest BCUT2D eigenvalue weighted by atomic mass is 32.2. The van der Waals surface area contributed by atoms with Crippen molar-refractivity contribution in [2.24, 2.45) is 5.92 Å². The third-order valence-corrected chi connectivity index (χ3v) is 4.54. The first-order valence-electron chi connectivity index (χ1n) is 6.23. The molecule has 1 rings (SSSR count). The third-order valence-electron chi connectivity index (χ3n) is 3.02. The summed E-state index contributed by atoms with van der Waals surface area (Å²) < 4.78 is 40.5. The van der Waals surface area contributed by atoms with E-state index < -0.39 is 15.8 Å². The summed E-state index contributed by atoms with van der Waals surface area (Å²) in [5.41, 5.74) is 0.340. The number of aliphatic hydroxyl groups is 1. The molecule has 0 saturated carbocycles. The van der Waals surface area contributed by atoms with Gasteiger partial charge in [0.25, 0.3) is 0 Å². The molecule has 0 aliphatic rings. The van der Waals surface area contributed by atoms with Crippen LogP contribution in [0.15, 0.2) is 23.1 Å². The van der Waals surface area contributed by atoms with Crippen molar-refractivity contribution in [1.29, 1.82) is 0 Å². The van der Waals surface area contributed by atoms with Gasteiger partial charge >= 0.3 is 0 Å². The number of benzene rings is 1. The molecule has 1 aromatic rings. The fraction of sp³-hybridized carbons (Fsp3) is 0.538. The highest BCUT2D eigenvalue weighted by Crippen LogP contribution is 2.18. The summed E-state index contributed by atoms with van der Waals surface area (Å²) in [4.78, 5) is -0.385. The van der Waals surface area contributed by atoms with Gasteiger partial charge in [-0.25, -0.2) is 17.5 Å². The van der Waals surface area contributed by atoms with Gasteiger partial charge in [0, 0.05) is 6.04 Å². The van der Waals surface area contributed by atoms with Gasteiger partial charge in [-0.1, -0.05) is 26.8 Å². The maximum Gasteiger partial charge on any atom is 0.243 e. The van der Waals surface area contributed by atoms with Crippen LogP contribution in [-0.4, -0.2) is 19.6 Å². The van der Waals surface area contributed by atoms with Crippen LogP contribution >= 0.6 is 0 Å². The average Bonchev–Trinajstić information content (AvgIpc) is 2.35. The van der Waals surface area contributed by atoms with Gasteiger partial charge in [-0.3, -0.25) is 0 Å². The Balaban J connectivity index is 3.07. The average molecular weight is 289 g/mol. The zero-order chi connectivity index (χ0) is 14.6. The molecule has 0 bridgehead atoms. The molecule has 0 aliphatic heterocycles. The van der Waals surface area contributed by atoms with Crippen LogP contribution in [0.5, 0.6) is 0 Å². The highest BCUT2D eigenvalue weighted by Gasteiger charge is 2.24. The standard InChI is InChI=1S/C13H20FNO3S/c1-4-12(9(2)3)15-19(17,18)13-6-5-10(8-16)7-11(13)14/h5-7,9,12,15-16H,4,8H2,1-3H3. The third kappa shape index (κ3) is 3.99. The Kier molecular flexibility index (Phi) is 5.46. The van der Waals surface area contributed by atoms with Gasteiger partial charge in [-0.05, 0) is 30.0 Å². The number of rotatable bonds is 6. The maximum absolute atomic E-state index is 13.8. The van der Waals surface area contributed by atoms with Crippen molar-refractivity contribution in [3.8, 4) is 0 Å². The fourth-order valence-electron chi connectivity index (χ4n) is 1.81. The molecule has 6 heteroatoms. The molecule has 2 N–H and O–H groups in total. The minimum Gasteiger partial charge on any atom is -0.392 e. The summed E-state index contributed by atoms with van der Waals surface area (Å²) >= 11 is 0. The second-order valence-corrected chi connectivity index (χ2v) is 6.49. The van der Waals surface area contributed by atoms with Gasteiger partial charge in [0.1, 0.15) is 10.7 Å². The largest absolute Gasteiger partial charge is 0.392 e. The number of halogens is 1. The van der Waals surface area contributed by atoms with Crippen molar-refractivity contribution < 1.29 is 17.9 Å². The molecule has 1 aromatic carbocycles. The van der Waals surface area contributed by atoms with Crippen LogP contribution in [0.4, 0.5) is 4.39 Å². The molecule has 0 radical (unpaired) electrons. The summed E-state index contributed by atoms with van der Waals surface area (Å²) in [6.07, 6.45) is 0.632. The van der Waals surface area contributed by atoms with E-state index in [-0.39, 0.29) is 23.5 Å². The van der Waals surface area contributed by atoms with Gasteiger partial charge in [0.05, 0.1) is 6.61 Å². The molecule has 0 aliphatic carbocycles. The molecule has 0 aromatic heterocycles. The van der Waals surface area contributed by atoms with Crippen molar-refractivity contribution in [1.82, 2.24) is 4.72 Å². The number of nitrogens with one attached hydrogen (secondary N) is 1. The maximum atomic E-state index is 13.8. The van der Waals surface area contributed by atoms with E-state index >= 15 is 0 Å². The molecular formula is C13H20FNO3S. The zero-order valence-electron chi connectivity index (χ0n) is 11.4. The van der Waals surface area contributed by atoms with Crippen LogP contribution in [-0.2, 0) is 16.6 Å². The summed E-state index contributed by atoms with van der Waals surface area (Å²) in [7, 11) is -3.88. The Morgan fingerprint density at radius 2 is 2.00 bits per heavy atom. The zero-order valence-corrected chi connectivity index (χ0v) is 12.2. The number of hydrogen-bond acceptors (Lipinski definition) is 3. The molecule has 0 saturated heterocycles. The predicted octanol–water partition coefficient (Wildman–Crippen LogP) is 2.03. The SMILES string of the molecule is CCC(NS(=O)(=O)c1ccc(CO)cc1F)C(C)C. The molecule has 0 spiro atoms. The topological polar surface area (TPSA) is 66.4 Å². The Labute approximate surface area is 113 Å². The summed E-state index contributed by atoms with van der Waals surface area (Å²) in [5.74, 6) is -0.725. The molecular weight excluding hydrogens is 269 g/mol. The van der Waals surface area contributed by atoms with E-state index in [0.717, 1.165) is 6.07 Å². The van der Waals surface area contributed by atoms with E-state index in [1.54, 1.807) is 0 Å². The Hall–Kier alpha value is -0.980. The van der Waals surface area contributed by atoms with Gasteiger partial charge < -0.3 is 5.11 Å². The van der Waals surface area contributed by atoms with Crippen LogP contribution in [0.25, 0.3) is 0 Å². The van der Waals surface area contributed by atoms with Gasteiger partial charge in [0.15, 0.2) is 0 Å². The molecule has 19 heavy (non-hydrogen) atoms. The van der Waals surface area contributed by atoms with E-state index in [9.17, 15) is 12.8 Å². The molecule has 0 heterocycles. The fourth-order valence-corrected chi connectivity index (χ4v) is 3.34. The van der Waals surface area contributed by atoms with Crippen LogP contribution in [0, 0.1) is 11.7 Å². The Morgan fingerprint density at radius 1 is 1.37 bits per heavy atom. The van der Waals surface area contributed by atoms with E-state index in [1.165, 1.54) is 12.1 Å². The number of aliphatic hydroxyl groups excluding tert-OH is 1. The Morgan fingerprint density at radius 3 is 2.42 bits per heavy atom. The molecule has 1 unspecified atom stereocenters. The van der Waals surface area contributed by atoms with Crippen molar-refractivity contribution in [2.45, 2.75) is 44.7 Å². The summed E-state index contributed by atoms with van der Waals surface area (Å²) in [5, 5.41) is 8.88. The lowest BCUT2D eigenvalue weighted by molar-refractivity contribution is 0.281. The smallest absolute Gasteiger partial charge is 0.243 e. The summed E-state index contributed by atoms with van der Waals surface area (Å²) in [6.45, 7) is 5.36. The second kappa shape index (κ2) is 6.45. The molecule has 0 fully saturated rings. The first-order chi connectivity index (χ1) is 8.81. The molecule has 108 valence electrons. The van der Waals surface area contributed by atoms with Crippen molar-refractivity contribution in [3.63, 3.8) is 0 Å². The monoisotopic (exact) mass is 289 g/mol. The van der Waals surface area contributed by atoms with Crippen LogP contribution < -0.4 is 4.72 Å². The normalized spacial score (nSPS) is 13.8. The molecule has 4 nitrogen and oxygen atoms in total. The van der Waals surface area contributed by atoms with Crippen LogP contribution in [0.1, 0.15) is 32.8 Å². The van der Waals surface area contributed by atoms with Crippen LogP contribution in [0.2, 0.25) is 0 Å². The minimum atomic E-state index is -3.88. The minimum absolute atomic E-state index is 0.125. The molecule has 1 atom stereocenters. The van der Waals surface area contributed by atoms with Crippen LogP contribution in [0.3, 0.4) is 0 Å². The predicted molar refractivity (Wildman–Crippen MR) is 71.6 cm³/mol. The highest BCUT2D eigenvalue weighted by molar-refractivity contribution is 7.89. The lowest BCUT2D eigenvalue weighted by atomic mass is 10.0.